The summed E-state index contributed by atoms with van der Waals surface area (Å²) in [5.41, 5.74) is 0.229. The van der Waals surface area contributed by atoms with E-state index in [1.54, 1.807) is 7.05 Å². The van der Waals surface area contributed by atoms with Crippen molar-refractivity contribution in [3.05, 3.63) is 68.0 Å². The van der Waals surface area contributed by atoms with Crippen LogP contribution in [0.2, 0.25) is 0 Å². The van der Waals surface area contributed by atoms with Crippen LogP contribution in [0.3, 0.4) is 0 Å². The first-order valence-electron chi connectivity index (χ1n) is 7.80. The highest BCUT2D eigenvalue weighted by atomic mass is 19.1. The molecule has 1 aromatic carbocycles. The molecule has 0 radical (unpaired) electrons. The largest absolute Gasteiger partial charge is 0.330 e. The molecular formula is C17H19F2N3O2. The van der Waals surface area contributed by atoms with E-state index in [-0.39, 0.29) is 17.3 Å². The summed E-state index contributed by atoms with van der Waals surface area (Å²) in [6.07, 6.45) is 1.98. The topological polar surface area (TPSA) is 47.2 Å². The molecule has 7 heteroatoms. The van der Waals surface area contributed by atoms with Gasteiger partial charge in [-0.15, -0.1) is 0 Å². The van der Waals surface area contributed by atoms with Crippen LogP contribution in [-0.4, -0.2) is 20.1 Å². The number of nitrogens with zero attached hydrogens (tertiary/aromatic N) is 3. The predicted octanol–water partition coefficient (Wildman–Crippen LogP) is 1.53. The summed E-state index contributed by atoms with van der Waals surface area (Å²) in [5.74, 6) is -1.19. The molecule has 0 unspecified atom stereocenters. The molecule has 1 aromatic heterocycles. The van der Waals surface area contributed by atoms with Gasteiger partial charge in [-0.3, -0.25) is 18.8 Å². The summed E-state index contributed by atoms with van der Waals surface area (Å²) in [7, 11) is 3.04. The molecule has 1 heterocycles. The Kier molecular flexibility index (Phi) is 4.36. The van der Waals surface area contributed by atoms with E-state index < -0.39 is 11.6 Å². The molecule has 0 aliphatic heterocycles. The van der Waals surface area contributed by atoms with Crippen LogP contribution >= 0.6 is 0 Å². The normalized spacial score (nSPS) is 14.4. The minimum Gasteiger partial charge on any atom is -0.299 e. The van der Waals surface area contributed by atoms with E-state index in [0.717, 1.165) is 23.5 Å². The van der Waals surface area contributed by atoms with Crippen molar-refractivity contribution < 1.29 is 8.78 Å². The molecule has 128 valence electrons. The van der Waals surface area contributed by atoms with Gasteiger partial charge in [-0.2, -0.15) is 0 Å². The van der Waals surface area contributed by atoms with Crippen molar-refractivity contribution in [1.29, 1.82) is 0 Å². The van der Waals surface area contributed by atoms with Crippen LogP contribution in [0.4, 0.5) is 8.78 Å². The van der Waals surface area contributed by atoms with Gasteiger partial charge in [0.15, 0.2) is 0 Å². The number of benzene rings is 1. The van der Waals surface area contributed by atoms with Crippen LogP contribution < -0.4 is 11.2 Å². The number of halogens is 2. The van der Waals surface area contributed by atoms with E-state index in [1.165, 1.54) is 29.8 Å². The molecule has 1 fully saturated rings. The Morgan fingerprint density at radius 3 is 2.42 bits per heavy atom. The summed E-state index contributed by atoms with van der Waals surface area (Å²) in [6.45, 7) is 0.670. The lowest BCUT2D eigenvalue weighted by atomic mass is 10.2. The second-order valence-electron chi connectivity index (χ2n) is 6.25. The third-order valence-corrected chi connectivity index (χ3v) is 4.44. The predicted molar refractivity (Wildman–Crippen MR) is 85.6 cm³/mol. The molecule has 0 amide bonds. The number of hydrogen-bond acceptors (Lipinski definition) is 3. The first-order valence-corrected chi connectivity index (χ1v) is 7.80. The Labute approximate surface area is 137 Å². The van der Waals surface area contributed by atoms with Gasteiger partial charge in [0, 0.05) is 56.6 Å². The van der Waals surface area contributed by atoms with E-state index in [9.17, 15) is 18.4 Å². The second-order valence-corrected chi connectivity index (χ2v) is 6.25. The maximum absolute atomic E-state index is 13.9. The first kappa shape index (κ1) is 16.6. The standard InChI is InChI=1S/C17H19F2N3O2/c1-20-14(8-16(23)21(2)17(20)24)10-22(13-5-6-13)9-11-3-4-12(18)7-15(11)19/h3-4,7-8,13H,5-6,9-10H2,1-2H3. The Morgan fingerprint density at radius 2 is 1.79 bits per heavy atom. The minimum atomic E-state index is -0.608. The van der Waals surface area contributed by atoms with Crippen molar-refractivity contribution in [3.8, 4) is 0 Å². The van der Waals surface area contributed by atoms with Crippen molar-refractivity contribution in [2.75, 3.05) is 0 Å². The first-order chi connectivity index (χ1) is 11.4. The molecular weight excluding hydrogens is 316 g/mol. The number of rotatable bonds is 5. The minimum absolute atomic E-state index is 0.286. The summed E-state index contributed by atoms with van der Waals surface area (Å²) in [4.78, 5) is 25.9. The SMILES string of the molecule is Cn1c(CN(Cc2ccc(F)cc2F)C2CC2)cc(=O)n(C)c1=O. The van der Waals surface area contributed by atoms with Gasteiger partial charge in [0.25, 0.3) is 5.56 Å². The molecule has 1 saturated carbocycles. The Bertz CT molecular complexity index is 884. The van der Waals surface area contributed by atoms with E-state index in [4.69, 9.17) is 0 Å². The average molecular weight is 335 g/mol. The Hall–Kier alpha value is -2.28. The van der Waals surface area contributed by atoms with Gasteiger partial charge in [0.05, 0.1) is 0 Å². The lowest BCUT2D eigenvalue weighted by molar-refractivity contribution is 0.235. The molecule has 1 aliphatic carbocycles. The maximum Gasteiger partial charge on any atom is 0.330 e. The molecule has 5 nitrogen and oxygen atoms in total. The van der Waals surface area contributed by atoms with Gasteiger partial charge in [-0.05, 0) is 18.9 Å². The molecule has 0 saturated heterocycles. The van der Waals surface area contributed by atoms with E-state index in [1.807, 2.05) is 4.90 Å². The monoisotopic (exact) mass is 335 g/mol. The average Bonchev–Trinajstić information content (AvgIpc) is 3.37. The summed E-state index contributed by atoms with van der Waals surface area (Å²) in [5, 5.41) is 0. The second kappa shape index (κ2) is 6.32. The van der Waals surface area contributed by atoms with Crippen molar-refractivity contribution in [3.63, 3.8) is 0 Å². The van der Waals surface area contributed by atoms with Gasteiger partial charge in [-0.25, -0.2) is 13.6 Å². The highest BCUT2D eigenvalue weighted by Gasteiger charge is 2.30. The van der Waals surface area contributed by atoms with E-state index in [0.29, 0.717) is 24.3 Å². The van der Waals surface area contributed by atoms with Gasteiger partial charge < -0.3 is 0 Å². The molecule has 3 rings (SSSR count). The third-order valence-electron chi connectivity index (χ3n) is 4.44. The molecule has 0 spiro atoms. The number of hydrogen-bond donors (Lipinski definition) is 0. The van der Waals surface area contributed by atoms with Crippen LogP contribution in [0.5, 0.6) is 0 Å². The lowest BCUT2D eigenvalue weighted by Gasteiger charge is -2.23. The van der Waals surface area contributed by atoms with Crippen LogP contribution in [0.1, 0.15) is 24.1 Å². The molecule has 24 heavy (non-hydrogen) atoms. The Balaban J connectivity index is 1.88. The van der Waals surface area contributed by atoms with E-state index in [2.05, 4.69) is 0 Å². The van der Waals surface area contributed by atoms with Crippen molar-refractivity contribution >= 4 is 0 Å². The fourth-order valence-electron chi connectivity index (χ4n) is 2.76. The van der Waals surface area contributed by atoms with Crippen molar-refractivity contribution in [2.45, 2.75) is 32.0 Å². The highest BCUT2D eigenvalue weighted by molar-refractivity contribution is 5.19. The molecule has 2 aromatic rings. The van der Waals surface area contributed by atoms with Gasteiger partial charge >= 0.3 is 5.69 Å². The molecule has 0 bridgehead atoms. The Morgan fingerprint density at radius 1 is 1.08 bits per heavy atom. The van der Waals surface area contributed by atoms with E-state index >= 15 is 0 Å². The third kappa shape index (κ3) is 3.31. The fraction of sp³-hybridized carbons (Fsp3) is 0.412. The fourth-order valence-corrected chi connectivity index (χ4v) is 2.76. The zero-order valence-electron chi connectivity index (χ0n) is 13.6. The maximum atomic E-state index is 13.9. The van der Waals surface area contributed by atoms with Crippen LogP contribution in [-0.2, 0) is 27.2 Å². The smallest absolute Gasteiger partial charge is 0.299 e. The van der Waals surface area contributed by atoms with Crippen molar-refractivity contribution in [1.82, 2.24) is 14.0 Å². The van der Waals surface area contributed by atoms with Gasteiger partial charge in [0.2, 0.25) is 0 Å². The zero-order valence-corrected chi connectivity index (χ0v) is 13.6. The zero-order chi connectivity index (χ0) is 17.4. The molecule has 1 aliphatic rings. The van der Waals surface area contributed by atoms with Gasteiger partial charge in [0.1, 0.15) is 11.6 Å². The summed E-state index contributed by atoms with van der Waals surface area (Å²) in [6, 6.07) is 5.25. The van der Waals surface area contributed by atoms with Crippen molar-refractivity contribution in [2.24, 2.45) is 14.1 Å². The van der Waals surface area contributed by atoms with Crippen LogP contribution in [0.15, 0.2) is 33.9 Å². The van der Waals surface area contributed by atoms with Crippen LogP contribution in [0.25, 0.3) is 0 Å². The van der Waals surface area contributed by atoms with Gasteiger partial charge in [-0.1, -0.05) is 6.07 Å². The summed E-state index contributed by atoms with van der Waals surface area (Å²) >= 11 is 0. The quantitative estimate of drug-likeness (QED) is 0.832. The molecule has 0 N–H and O–H groups in total. The lowest BCUT2D eigenvalue weighted by Crippen LogP contribution is -2.39. The van der Waals surface area contributed by atoms with Crippen LogP contribution in [0, 0.1) is 11.6 Å². The summed E-state index contributed by atoms with van der Waals surface area (Å²) < 4.78 is 29.4. The number of aromatic nitrogens is 2. The molecule has 0 atom stereocenters. The highest BCUT2D eigenvalue weighted by Crippen LogP contribution is 2.30.